The molecule has 0 bridgehead atoms. The maximum atomic E-state index is 12.0. The lowest BCUT2D eigenvalue weighted by molar-refractivity contribution is 0.0941. The smallest absolute Gasteiger partial charge is 0.255 e. The van der Waals surface area contributed by atoms with Crippen LogP contribution in [0.15, 0.2) is 18.2 Å². The van der Waals surface area contributed by atoms with Crippen LogP contribution in [0.5, 0.6) is 11.5 Å². The first-order valence-electron chi connectivity index (χ1n) is 6.57. The fourth-order valence-corrected chi connectivity index (χ4v) is 2.29. The molecule has 1 aliphatic rings. The summed E-state index contributed by atoms with van der Waals surface area (Å²) in [6.45, 7) is 2.66. The van der Waals surface area contributed by atoms with Crippen LogP contribution in [-0.2, 0) is 0 Å². The number of piperidine rings is 1. The molecule has 1 aromatic carbocycles. The summed E-state index contributed by atoms with van der Waals surface area (Å²) in [5.74, 6) is 0.468. The van der Waals surface area contributed by atoms with Gasteiger partial charge in [0.25, 0.3) is 5.91 Å². The molecule has 1 aliphatic heterocycles. The molecule has 5 nitrogen and oxygen atoms in total. The second-order valence-corrected chi connectivity index (χ2v) is 4.76. The van der Waals surface area contributed by atoms with Gasteiger partial charge in [0.15, 0.2) is 11.5 Å². The summed E-state index contributed by atoms with van der Waals surface area (Å²) in [5.41, 5.74) is 0.258. The molecule has 0 radical (unpaired) electrons. The van der Waals surface area contributed by atoms with Gasteiger partial charge in [-0.1, -0.05) is 6.07 Å². The highest BCUT2D eigenvalue weighted by atomic mass is 16.5. The molecule has 0 atom stereocenters. The van der Waals surface area contributed by atoms with Crippen molar-refractivity contribution in [3.8, 4) is 11.5 Å². The molecule has 104 valence electrons. The molecule has 3 N–H and O–H groups in total. The SMILES string of the molecule is COc1cccc(C(=O)NCC2CCNCC2)c1O. The topological polar surface area (TPSA) is 70.6 Å². The van der Waals surface area contributed by atoms with Gasteiger partial charge in [0.1, 0.15) is 0 Å². The largest absolute Gasteiger partial charge is 0.504 e. The van der Waals surface area contributed by atoms with Crippen LogP contribution in [-0.4, -0.2) is 37.8 Å². The first-order valence-corrected chi connectivity index (χ1v) is 6.57. The Labute approximate surface area is 113 Å². The van der Waals surface area contributed by atoms with Crippen LogP contribution >= 0.6 is 0 Å². The lowest BCUT2D eigenvalue weighted by Gasteiger charge is -2.22. The zero-order chi connectivity index (χ0) is 13.7. The van der Waals surface area contributed by atoms with Crippen molar-refractivity contribution in [1.29, 1.82) is 0 Å². The van der Waals surface area contributed by atoms with Crippen LogP contribution < -0.4 is 15.4 Å². The van der Waals surface area contributed by atoms with Crippen LogP contribution in [0, 0.1) is 5.92 Å². The molecule has 1 aromatic rings. The Bertz CT molecular complexity index is 442. The predicted molar refractivity (Wildman–Crippen MR) is 72.6 cm³/mol. The van der Waals surface area contributed by atoms with Crippen LogP contribution in [0.2, 0.25) is 0 Å². The van der Waals surface area contributed by atoms with Crippen molar-refractivity contribution in [1.82, 2.24) is 10.6 Å². The van der Waals surface area contributed by atoms with E-state index < -0.39 is 0 Å². The number of carbonyl (C=O) groups is 1. The van der Waals surface area contributed by atoms with E-state index in [9.17, 15) is 9.90 Å². The second kappa shape index (κ2) is 6.43. The van der Waals surface area contributed by atoms with Gasteiger partial charge in [0.05, 0.1) is 12.7 Å². The summed E-state index contributed by atoms with van der Waals surface area (Å²) in [4.78, 5) is 12.0. The fraction of sp³-hybridized carbons (Fsp3) is 0.500. The van der Waals surface area contributed by atoms with Crippen LogP contribution in [0.4, 0.5) is 0 Å². The average Bonchev–Trinajstić information content (AvgIpc) is 2.46. The van der Waals surface area contributed by atoms with Gasteiger partial charge >= 0.3 is 0 Å². The maximum absolute atomic E-state index is 12.0. The highest BCUT2D eigenvalue weighted by Gasteiger charge is 2.17. The Morgan fingerprint density at radius 3 is 2.89 bits per heavy atom. The highest BCUT2D eigenvalue weighted by Crippen LogP contribution is 2.29. The second-order valence-electron chi connectivity index (χ2n) is 4.76. The molecular weight excluding hydrogens is 244 g/mol. The molecule has 0 unspecified atom stereocenters. The molecule has 1 saturated heterocycles. The van der Waals surface area contributed by atoms with Gasteiger partial charge in [0.2, 0.25) is 0 Å². The van der Waals surface area contributed by atoms with Crippen LogP contribution in [0.1, 0.15) is 23.2 Å². The summed E-state index contributed by atoms with van der Waals surface area (Å²) in [7, 11) is 1.46. The van der Waals surface area contributed by atoms with Crippen molar-refractivity contribution < 1.29 is 14.6 Å². The zero-order valence-corrected chi connectivity index (χ0v) is 11.1. The van der Waals surface area contributed by atoms with Crippen molar-refractivity contribution in [2.75, 3.05) is 26.7 Å². The molecule has 1 amide bonds. The summed E-state index contributed by atoms with van der Waals surface area (Å²) < 4.78 is 4.99. The molecule has 0 spiro atoms. The molecular formula is C14H20N2O3. The third-order valence-corrected chi connectivity index (χ3v) is 3.47. The minimum atomic E-state index is -0.255. The van der Waals surface area contributed by atoms with E-state index in [1.54, 1.807) is 18.2 Å². The van der Waals surface area contributed by atoms with Crippen molar-refractivity contribution in [2.45, 2.75) is 12.8 Å². The van der Waals surface area contributed by atoms with Crippen molar-refractivity contribution in [3.63, 3.8) is 0 Å². The molecule has 1 fully saturated rings. The fourth-order valence-electron chi connectivity index (χ4n) is 2.29. The number of amides is 1. The number of phenols is 1. The first-order chi connectivity index (χ1) is 9.22. The van der Waals surface area contributed by atoms with Gasteiger partial charge in [-0.2, -0.15) is 0 Å². The Morgan fingerprint density at radius 2 is 2.21 bits per heavy atom. The number of aromatic hydroxyl groups is 1. The third kappa shape index (κ3) is 3.38. The van der Waals surface area contributed by atoms with E-state index in [0.29, 0.717) is 18.2 Å². The number of hydrogen-bond donors (Lipinski definition) is 3. The Morgan fingerprint density at radius 1 is 1.47 bits per heavy atom. The lowest BCUT2D eigenvalue weighted by Crippen LogP contribution is -2.36. The number of para-hydroxylation sites is 1. The number of rotatable bonds is 4. The van der Waals surface area contributed by atoms with E-state index in [1.807, 2.05) is 0 Å². The van der Waals surface area contributed by atoms with Crippen molar-refractivity contribution in [3.05, 3.63) is 23.8 Å². The van der Waals surface area contributed by atoms with Gasteiger partial charge < -0.3 is 20.5 Å². The summed E-state index contributed by atoms with van der Waals surface area (Å²) in [5, 5.41) is 16.1. The van der Waals surface area contributed by atoms with Gasteiger partial charge in [0, 0.05) is 6.54 Å². The number of hydrogen-bond acceptors (Lipinski definition) is 4. The van der Waals surface area contributed by atoms with Gasteiger partial charge in [-0.05, 0) is 44.0 Å². The lowest BCUT2D eigenvalue weighted by atomic mass is 9.98. The quantitative estimate of drug-likeness (QED) is 0.762. The van der Waals surface area contributed by atoms with Crippen LogP contribution in [0.3, 0.4) is 0 Å². The molecule has 0 aromatic heterocycles. The van der Waals surface area contributed by atoms with Gasteiger partial charge in [-0.25, -0.2) is 0 Å². The monoisotopic (exact) mass is 264 g/mol. The van der Waals surface area contributed by atoms with E-state index in [0.717, 1.165) is 25.9 Å². The van der Waals surface area contributed by atoms with E-state index in [2.05, 4.69) is 10.6 Å². The number of ether oxygens (including phenoxy) is 1. The van der Waals surface area contributed by atoms with E-state index in [-0.39, 0.29) is 17.2 Å². The number of benzene rings is 1. The standard InChI is InChI=1S/C14H20N2O3/c1-19-12-4-2-3-11(13(12)17)14(18)16-9-10-5-7-15-8-6-10/h2-4,10,15,17H,5-9H2,1H3,(H,16,18). The van der Waals surface area contributed by atoms with Crippen molar-refractivity contribution in [2.24, 2.45) is 5.92 Å². The predicted octanol–water partition coefficient (Wildman–Crippen LogP) is 1.13. The molecule has 19 heavy (non-hydrogen) atoms. The number of phenolic OH excluding ortho intramolecular Hbond substituents is 1. The summed E-state index contributed by atoms with van der Waals surface area (Å²) in [6, 6.07) is 4.91. The van der Waals surface area contributed by atoms with E-state index in [1.165, 1.54) is 7.11 Å². The van der Waals surface area contributed by atoms with Gasteiger partial charge in [-0.3, -0.25) is 4.79 Å². The molecule has 0 aliphatic carbocycles. The Kier molecular flexibility index (Phi) is 4.63. The van der Waals surface area contributed by atoms with Crippen molar-refractivity contribution >= 4 is 5.91 Å². The minimum absolute atomic E-state index is 0.104. The maximum Gasteiger partial charge on any atom is 0.255 e. The number of nitrogens with one attached hydrogen (secondary N) is 2. The third-order valence-electron chi connectivity index (χ3n) is 3.47. The zero-order valence-electron chi connectivity index (χ0n) is 11.1. The van der Waals surface area contributed by atoms with Gasteiger partial charge in [-0.15, -0.1) is 0 Å². The van der Waals surface area contributed by atoms with Crippen LogP contribution in [0.25, 0.3) is 0 Å². The number of methoxy groups -OCH3 is 1. The highest BCUT2D eigenvalue weighted by molar-refractivity contribution is 5.97. The summed E-state index contributed by atoms with van der Waals surface area (Å²) in [6.07, 6.45) is 2.15. The molecule has 0 saturated carbocycles. The average molecular weight is 264 g/mol. The first kappa shape index (κ1) is 13.7. The number of carbonyl (C=O) groups excluding carboxylic acids is 1. The van der Waals surface area contributed by atoms with E-state index >= 15 is 0 Å². The molecule has 1 heterocycles. The minimum Gasteiger partial charge on any atom is -0.504 e. The van der Waals surface area contributed by atoms with E-state index in [4.69, 9.17) is 4.74 Å². The normalized spacial score (nSPS) is 16.1. The molecule has 5 heteroatoms. The Hall–Kier alpha value is -1.75. The Balaban J connectivity index is 1.95. The summed E-state index contributed by atoms with van der Waals surface area (Å²) >= 11 is 0. The molecule has 2 rings (SSSR count).